The summed E-state index contributed by atoms with van der Waals surface area (Å²) in [5.74, 6) is -0.307. The number of carbonyl (C=O) groups excluding carboxylic acids is 1. The molecule has 1 aromatic heterocycles. The SMILES string of the molecule is CCOC(=O)c1cnc(SC)nc1NC(CO)CO. The first-order valence-electron chi connectivity index (χ1n) is 5.72. The number of thioether (sulfide) groups is 1. The van der Waals surface area contributed by atoms with Crippen molar-refractivity contribution in [1.82, 2.24) is 9.97 Å². The fraction of sp³-hybridized carbons (Fsp3) is 0.545. The molecular formula is C11H17N3O4S. The van der Waals surface area contributed by atoms with Crippen molar-refractivity contribution in [3.8, 4) is 0 Å². The van der Waals surface area contributed by atoms with E-state index < -0.39 is 12.0 Å². The van der Waals surface area contributed by atoms with Crippen LogP contribution in [0.3, 0.4) is 0 Å². The fourth-order valence-corrected chi connectivity index (χ4v) is 1.62. The zero-order chi connectivity index (χ0) is 14.3. The minimum absolute atomic E-state index is 0.173. The van der Waals surface area contributed by atoms with Crippen LogP contribution in [0.4, 0.5) is 5.82 Å². The van der Waals surface area contributed by atoms with E-state index in [9.17, 15) is 4.79 Å². The molecule has 1 heterocycles. The molecule has 0 bridgehead atoms. The predicted molar refractivity (Wildman–Crippen MR) is 71.4 cm³/mol. The maximum atomic E-state index is 11.7. The third-order valence-electron chi connectivity index (χ3n) is 2.23. The monoisotopic (exact) mass is 287 g/mol. The van der Waals surface area contributed by atoms with Crippen LogP contribution in [0.1, 0.15) is 17.3 Å². The van der Waals surface area contributed by atoms with Gasteiger partial charge in [0.25, 0.3) is 0 Å². The van der Waals surface area contributed by atoms with Gasteiger partial charge in [-0.3, -0.25) is 0 Å². The molecule has 7 nitrogen and oxygen atoms in total. The molecule has 0 aliphatic carbocycles. The van der Waals surface area contributed by atoms with Crippen molar-refractivity contribution in [3.63, 3.8) is 0 Å². The van der Waals surface area contributed by atoms with Gasteiger partial charge in [0.2, 0.25) is 0 Å². The molecule has 0 atom stereocenters. The summed E-state index contributed by atoms with van der Waals surface area (Å²) < 4.78 is 4.90. The molecule has 0 aliphatic rings. The Balaban J connectivity index is 3.04. The van der Waals surface area contributed by atoms with Crippen molar-refractivity contribution >= 4 is 23.5 Å². The number of anilines is 1. The molecule has 0 fully saturated rings. The molecule has 106 valence electrons. The number of nitrogens with one attached hydrogen (secondary N) is 1. The summed E-state index contributed by atoms with van der Waals surface area (Å²) in [5, 5.41) is 21.4. The number of carbonyl (C=O) groups is 1. The Hall–Kier alpha value is -1.38. The van der Waals surface area contributed by atoms with E-state index in [1.165, 1.54) is 18.0 Å². The highest BCUT2D eigenvalue weighted by molar-refractivity contribution is 7.98. The van der Waals surface area contributed by atoms with E-state index in [2.05, 4.69) is 15.3 Å². The lowest BCUT2D eigenvalue weighted by atomic mass is 10.2. The van der Waals surface area contributed by atoms with Crippen LogP contribution < -0.4 is 5.32 Å². The highest BCUT2D eigenvalue weighted by Gasteiger charge is 2.18. The molecular weight excluding hydrogens is 270 g/mol. The van der Waals surface area contributed by atoms with Crippen molar-refractivity contribution in [2.45, 2.75) is 18.1 Å². The molecule has 0 saturated heterocycles. The molecule has 3 N–H and O–H groups in total. The van der Waals surface area contributed by atoms with Crippen LogP contribution in [0.25, 0.3) is 0 Å². The third-order valence-corrected chi connectivity index (χ3v) is 2.79. The molecule has 8 heteroatoms. The molecule has 0 aromatic carbocycles. The smallest absolute Gasteiger partial charge is 0.343 e. The molecule has 19 heavy (non-hydrogen) atoms. The van der Waals surface area contributed by atoms with E-state index in [0.717, 1.165) is 0 Å². The summed E-state index contributed by atoms with van der Waals surface area (Å²) in [6.07, 6.45) is 3.17. The van der Waals surface area contributed by atoms with Gasteiger partial charge in [-0.2, -0.15) is 0 Å². The van der Waals surface area contributed by atoms with Crippen molar-refractivity contribution in [3.05, 3.63) is 11.8 Å². The molecule has 1 rings (SSSR count). The summed E-state index contributed by atoms with van der Waals surface area (Å²) in [5.41, 5.74) is 0.173. The number of nitrogens with zero attached hydrogens (tertiary/aromatic N) is 2. The van der Waals surface area contributed by atoms with Crippen LogP contribution in [0, 0.1) is 0 Å². The van der Waals surface area contributed by atoms with Crippen molar-refractivity contribution < 1.29 is 19.7 Å². The van der Waals surface area contributed by atoms with Crippen molar-refractivity contribution in [2.75, 3.05) is 31.4 Å². The fourth-order valence-electron chi connectivity index (χ4n) is 1.27. The van der Waals surface area contributed by atoms with Crippen LogP contribution in [-0.2, 0) is 4.74 Å². The zero-order valence-corrected chi connectivity index (χ0v) is 11.6. The lowest BCUT2D eigenvalue weighted by molar-refractivity contribution is 0.0526. The average Bonchev–Trinajstić information content (AvgIpc) is 2.44. The Bertz CT molecular complexity index is 426. The van der Waals surface area contributed by atoms with Gasteiger partial charge < -0.3 is 20.3 Å². The first-order chi connectivity index (χ1) is 9.15. The van der Waals surface area contributed by atoms with Crippen LogP contribution in [0.15, 0.2) is 11.4 Å². The number of aromatic nitrogens is 2. The molecule has 1 aromatic rings. The second-order valence-electron chi connectivity index (χ2n) is 3.55. The van der Waals surface area contributed by atoms with Crippen LogP contribution in [0.5, 0.6) is 0 Å². The van der Waals surface area contributed by atoms with Crippen LogP contribution in [-0.4, -0.2) is 58.3 Å². The Morgan fingerprint density at radius 3 is 2.74 bits per heavy atom. The van der Waals surface area contributed by atoms with Gasteiger partial charge in [0.05, 0.1) is 25.9 Å². The highest BCUT2D eigenvalue weighted by atomic mass is 32.2. The molecule has 0 unspecified atom stereocenters. The quantitative estimate of drug-likeness (QED) is 0.369. The molecule has 0 saturated carbocycles. The number of ether oxygens (including phenoxy) is 1. The maximum absolute atomic E-state index is 11.7. The Morgan fingerprint density at radius 1 is 1.53 bits per heavy atom. The van der Waals surface area contributed by atoms with E-state index in [1.807, 2.05) is 0 Å². The molecule has 0 radical (unpaired) electrons. The van der Waals surface area contributed by atoms with E-state index in [-0.39, 0.29) is 31.2 Å². The van der Waals surface area contributed by atoms with Gasteiger partial charge in [0.1, 0.15) is 11.4 Å². The van der Waals surface area contributed by atoms with Gasteiger partial charge in [-0.15, -0.1) is 0 Å². The van der Waals surface area contributed by atoms with Gasteiger partial charge in [-0.25, -0.2) is 14.8 Å². The standard InChI is InChI=1S/C11H17N3O4S/c1-3-18-10(17)8-4-12-11(19-2)14-9(8)13-7(5-15)6-16/h4,7,15-16H,3,5-6H2,1-2H3,(H,12,13,14). The topological polar surface area (TPSA) is 105 Å². The predicted octanol–water partition coefficient (Wildman–Crippen LogP) is 0.140. The maximum Gasteiger partial charge on any atom is 0.343 e. The number of aliphatic hydroxyl groups is 2. The highest BCUT2D eigenvalue weighted by Crippen LogP contribution is 2.18. The third kappa shape index (κ3) is 4.34. The second-order valence-corrected chi connectivity index (χ2v) is 4.32. The minimum atomic E-state index is -0.599. The zero-order valence-electron chi connectivity index (χ0n) is 10.8. The number of esters is 1. The lowest BCUT2D eigenvalue weighted by Gasteiger charge is -2.16. The summed E-state index contributed by atoms with van der Waals surface area (Å²) in [6, 6.07) is -0.599. The van der Waals surface area contributed by atoms with Crippen LogP contribution >= 0.6 is 11.8 Å². The minimum Gasteiger partial charge on any atom is -0.462 e. The number of hydrogen-bond acceptors (Lipinski definition) is 8. The molecule has 0 aliphatic heterocycles. The summed E-state index contributed by atoms with van der Waals surface area (Å²) in [7, 11) is 0. The van der Waals surface area contributed by atoms with E-state index >= 15 is 0 Å². The van der Waals surface area contributed by atoms with E-state index in [4.69, 9.17) is 14.9 Å². The van der Waals surface area contributed by atoms with Crippen molar-refractivity contribution in [1.29, 1.82) is 0 Å². The normalized spacial score (nSPS) is 10.6. The van der Waals surface area contributed by atoms with Gasteiger partial charge >= 0.3 is 5.97 Å². The number of rotatable bonds is 7. The Kier molecular flexibility index (Phi) is 6.54. The van der Waals surface area contributed by atoms with Gasteiger partial charge in [0.15, 0.2) is 5.16 Å². The Morgan fingerprint density at radius 2 is 2.21 bits per heavy atom. The first-order valence-corrected chi connectivity index (χ1v) is 6.95. The average molecular weight is 287 g/mol. The summed E-state index contributed by atoms with van der Waals surface area (Å²) >= 11 is 1.32. The number of aliphatic hydroxyl groups excluding tert-OH is 2. The lowest BCUT2D eigenvalue weighted by Crippen LogP contribution is -2.29. The van der Waals surface area contributed by atoms with Crippen LogP contribution in [0.2, 0.25) is 0 Å². The first kappa shape index (κ1) is 15.7. The van der Waals surface area contributed by atoms with Gasteiger partial charge in [0, 0.05) is 6.20 Å². The molecule has 0 amide bonds. The van der Waals surface area contributed by atoms with Gasteiger partial charge in [-0.1, -0.05) is 11.8 Å². The number of hydrogen-bond donors (Lipinski definition) is 3. The van der Waals surface area contributed by atoms with E-state index in [1.54, 1.807) is 13.2 Å². The van der Waals surface area contributed by atoms with Gasteiger partial charge in [-0.05, 0) is 13.2 Å². The van der Waals surface area contributed by atoms with Crippen molar-refractivity contribution in [2.24, 2.45) is 0 Å². The van der Waals surface area contributed by atoms with E-state index in [0.29, 0.717) is 5.16 Å². The largest absolute Gasteiger partial charge is 0.462 e. The summed E-state index contributed by atoms with van der Waals surface area (Å²) in [4.78, 5) is 19.9. The Labute approximate surface area is 115 Å². The molecule has 0 spiro atoms. The second kappa shape index (κ2) is 7.93. The summed E-state index contributed by atoms with van der Waals surface area (Å²) in [6.45, 7) is 1.38.